The van der Waals surface area contributed by atoms with Crippen LogP contribution in [0.15, 0.2) is 78.9 Å². The molecule has 0 spiro atoms. The zero-order valence-electron chi connectivity index (χ0n) is 15.7. The average molecular weight is 366 g/mol. The van der Waals surface area contributed by atoms with Gasteiger partial charge in [-0.2, -0.15) is 5.26 Å². The Morgan fingerprint density at radius 2 is 1.46 bits per heavy atom. The van der Waals surface area contributed by atoms with Crippen molar-refractivity contribution in [2.45, 2.75) is 13.0 Å². The lowest BCUT2D eigenvalue weighted by molar-refractivity contribution is 0.308. The third-order valence-corrected chi connectivity index (χ3v) is 4.93. The fourth-order valence-electron chi connectivity index (χ4n) is 3.52. The molecular weight excluding hydrogens is 344 g/mol. The Balaban J connectivity index is 1.36. The molecule has 3 nitrogen and oxygen atoms in total. The molecule has 0 unspecified atom stereocenters. The van der Waals surface area contributed by atoms with E-state index in [0.29, 0.717) is 12.2 Å². The highest BCUT2D eigenvalue weighted by Gasteiger charge is 2.06. The SMILES string of the molecule is N#Cc1ccc(OCCCNCc2c3ccccc3cc3ccccc23)cc1. The minimum atomic E-state index is 0.648. The van der Waals surface area contributed by atoms with Gasteiger partial charge >= 0.3 is 0 Å². The normalized spacial score (nSPS) is 10.8. The van der Waals surface area contributed by atoms with Gasteiger partial charge in [0.2, 0.25) is 0 Å². The number of benzene rings is 4. The van der Waals surface area contributed by atoms with Gasteiger partial charge in [0.25, 0.3) is 0 Å². The maximum atomic E-state index is 8.83. The van der Waals surface area contributed by atoms with Crippen molar-refractivity contribution in [3.63, 3.8) is 0 Å². The van der Waals surface area contributed by atoms with Crippen molar-refractivity contribution in [1.29, 1.82) is 5.26 Å². The molecule has 4 aromatic rings. The van der Waals surface area contributed by atoms with E-state index in [2.05, 4.69) is 66.0 Å². The molecule has 0 aliphatic heterocycles. The van der Waals surface area contributed by atoms with E-state index in [1.54, 1.807) is 12.1 Å². The summed E-state index contributed by atoms with van der Waals surface area (Å²) in [4.78, 5) is 0. The van der Waals surface area contributed by atoms with Crippen molar-refractivity contribution >= 4 is 21.5 Å². The van der Waals surface area contributed by atoms with Crippen molar-refractivity contribution < 1.29 is 4.74 Å². The van der Waals surface area contributed by atoms with Gasteiger partial charge in [0.15, 0.2) is 0 Å². The molecule has 3 heteroatoms. The molecule has 1 N–H and O–H groups in total. The van der Waals surface area contributed by atoms with Crippen molar-refractivity contribution in [3.8, 4) is 11.8 Å². The third-order valence-electron chi connectivity index (χ3n) is 4.93. The highest BCUT2D eigenvalue weighted by molar-refractivity contribution is 6.02. The van der Waals surface area contributed by atoms with Gasteiger partial charge < -0.3 is 10.1 Å². The maximum Gasteiger partial charge on any atom is 0.119 e. The molecule has 0 fully saturated rings. The van der Waals surface area contributed by atoms with Crippen LogP contribution in [0, 0.1) is 11.3 Å². The quantitative estimate of drug-likeness (QED) is 0.351. The number of ether oxygens (including phenoxy) is 1. The van der Waals surface area contributed by atoms with E-state index in [4.69, 9.17) is 10.00 Å². The van der Waals surface area contributed by atoms with E-state index in [-0.39, 0.29) is 0 Å². The first-order chi connectivity index (χ1) is 13.8. The van der Waals surface area contributed by atoms with Gasteiger partial charge in [0.1, 0.15) is 5.75 Å². The van der Waals surface area contributed by atoms with Gasteiger partial charge in [-0.25, -0.2) is 0 Å². The van der Waals surface area contributed by atoms with Crippen LogP contribution < -0.4 is 10.1 Å². The van der Waals surface area contributed by atoms with Gasteiger partial charge in [-0.1, -0.05) is 48.5 Å². The van der Waals surface area contributed by atoms with Crippen LogP contribution in [-0.2, 0) is 6.54 Å². The Hall–Kier alpha value is -3.35. The van der Waals surface area contributed by atoms with E-state index in [9.17, 15) is 0 Å². The number of fused-ring (bicyclic) bond motifs is 2. The van der Waals surface area contributed by atoms with Crippen LogP contribution in [0.2, 0.25) is 0 Å². The van der Waals surface area contributed by atoms with Crippen molar-refractivity contribution in [2.75, 3.05) is 13.2 Å². The second-order valence-electron chi connectivity index (χ2n) is 6.81. The molecule has 0 aromatic heterocycles. The molecule has 0 amide bonds. The summed E-state index contributed by atoms with van der Waals surface area (Å²) in [5.41, 5.74) is 2.00. The highest BCUT2D eigenvalue weighted by atomic mass is 16.5. The average Bonchev–Trinajstić information content (AvgIpc) is 2.75. The summed E-state index contributed by atoms with van der Waals surface area (Å²) in [6, 6.07) is 28.8. The first-order valence-electron chi connectivity index (χ1n) is 9.58. The van der Waals surface area contributed by atoms with Crippen LogP contribution in [0.5, 0.6) is 5.75 Å². The Morgan fingerprint density at radius 1 is 0.821 bits per heavy atom. The van der Waals surface area contributed by atoms with Crippen LogP contribution in [0.4, 0.5) is 0 Å². The fourth-order valence-corrected chi connectivity index (χ4v) is 3.52. The maximum absolute atomic E-state index is 8.83. The molecule has 138 valence electrons. The standard InChI is InChI=1S/C25H22N2O/c26-17-19-10-12-22(13-11-19)28-15-5-14-27-18-25-23-8-3-1-6-20(23)16-21-7-2-4-9-24(21)25/h1-4,6-13,16,27H,5,14-15,18H2. The fraction of sp³-hybridized carbons (Fsp3) is 0.160. The summed E-state index contributed by atoms with van der Waals surface area (Å²) in [7, 11) is 0. The number of nitriles is 1. The largest absolute Gasteiger partial charge is 0.494 e. The molecular formula is C25H22N2O. The Labute approximate surface area is 165 Å². The third kappa shape index (κ3) is 3.98. The highest BCUT2D eigenvalue weighted by Crippen LogP contribution is 2.28. The van der Waals surface area contributed by atoms with Gasteiger partial charge in [-0.05, 0) is 70.4 Å². The molecule has 0 radical (unpaired) electrons. The van der Waals surface area contributed by atoms with E-state index < -0.39 is 0 Å². The Kier molecular flexibility index (Phi) is 5.51. The van der Waals surface area contributed by atoms with Crippen LogP contribution in [-0.4, -0.2) is 13.2 Å². The summed E-state index contributed by atoms with van der Waals surface area (Å²) >= 11 is 0. The number of rotatable bonds is 7. The van der Waals surface area contributed by atoms with Crippen molar-refractivity contribution in [3.05, 3.63) is 90.0 Å². The number of nitrogens with zero attached hydrogens (tertiary/aromatic N) is 1. The lowest BCUT2D eigenvalue weighted by atomic mass is 9.97. The number of hydrogen-bond acceptors (Lipinski definition) is 3. The predicted octanol–water partition coefficient (Wildman–Crippen LogP) is 5.42. The lowest BCUT2D eigenvalue weighted by Gasteiger charge is -2.13. The predicted molar refractivity (Wildman–Crippen MR) is 114 cm³/mol. The molecule has 0 atom stereocenters. The molecule has 0 saturated heterocycles. The molecule has 0 aliphatic carbocycles. The molecule has 0 saturated carbocycles. The van der Waals surface area contributed by atoms with Crippen LogP contribution in [0.1, 0.15) is 17.5 Å². The van der Waals surface area contributed by atoms with E-state index in [1.165, 1.54) is 27.1 Å². The van der Waals surface area contributed by atoms with Crippen LogP contribution in [0.3, 0.4) is 0 Å². The van der Waals surface area contributed by atoms with Gasteiger partial charge in [-0.15, -0.1) is 0 Å². The lowest BCUT2D eigenvalue weighted by Crippen LogP contribution is -2.17. The minimum absolute atomic E-state index is 0.648. The summed E-state index contributed by atoms with van der Waals surface area (Å²) in [5, 5.41) is 17.6. The van der Waals surface area contributed by atoms with Crippen LogP contribution >= 0.6 is 0 Å². The zero-order valence-corrected chi connectivity index (χ0v) is 15.7. The Morgan fingerprint density at radius 3 is 2.11 bits per heavy atom. The smallest absolute Gasteiger partial charge is 0.119 e. The first-order valence-corrected chi connectivity index (χ1v) is 9.58. The van der Waals surface area contributed by atoms with Gasteiger partial charge in [0, 0.05) is 6.54 Å². The monoisotopic (exact) mass is 366 g/mol. The van der Waals surface area contributed by atoms with E-state index >= 15 is 0 Å². The summed E-state index contributed by atoms with van der Waals surface area (Å²) in [6.07, 6.45) is 0.919. The van der Waals surface area contributed by atoms with Crippen LogP contribution in [0.25, 0.3) is 21.5 Å². The van der Waals surface area contributed by atoms with Gasteiger partial charge in [-0.3, -0.25) is 0 Å². The zero-order chi connectivity index (χ0) is 19.2. The second-order valence-corrected chi connectivity index (χ2v) is 6.81. The molecule has 28 heavy (non-hydrogen) atoms. The molecule has 4 rings (SSSR count). The Bertz CT molecular complexity index is 1070. The number of hydrogen-bond donors (Lipinski definition) is 1. The topological polar surface area (TPSA) is 45.0 Å². The first kappa shape index (κ1) is 18.0. The molecule has 0 heterocycles. The van der Waals surface area contributed by atoms with E-state index in [0.717, 1.165) is 25.3 Å². The van der Waals surface area contributed by atoms with E-state index in [1.807, 2.05) is 12.1 Å². The minimum Gasteiger partial charge on any atom is -0.494 e. The molecule has 4 aromatic carbocycles. The summed E-state index contributed by atoms with van der Waals surface area (Å²) < 4.78 is 5.75. The van der Waals surface area contributed by atoms with Crippen molar-refractivity contribution in [1.82, 2.24) is 5.32 Å². The molecule has 0 aliphatic rings. The summed E-state index contributed by atoms with van der Waals surface area (Å²) in [6.45, 7) is 2.36. The summed E-state index contributed by atoms with van der Waals surface area (Å²) in [5.74, 6) is 0.805. The molecule has 0 bridgehead atoms. The second kappa shape index (κ2) is 8.56. The van der Waals surface area contributed by atoms with Gasteiger partial charge in [0.05, 0.1) is 18.2 Å². The number of nitrogens with one attached hydrogen (secondary N) is 1. The van der Waals surface area contributed by atoms with Crippen molar-refractivity contribution in [2.24, 2.45) is 0 Å².